The van der Waals surface area contributed by atoms with E-state index in [1.54, 1.807) is 0 Å². The molecule has 6 nitrogen and oxygen atoms in total. The lowest BCUT2D eigenvalue weighted by Crippen LogP contribution is -2.62. The van der Waals surface area contributed by atoms with Gasteiger partial charge < -0.3 is 28.1 Å². The molecule has 0 amide bonds. The van der Waals surface area contributed by atoms with E-state index < -0.39 is 0 Å². The van der Waals surface area contributed by atoms with Crippen molar-refractivity contribution in [3.05, 3.63) is 230 Å². The predicted molar refractivity (Wildman–Crippen MR) is 311 cm³/mol. The number of ether oxygens (including phenoxy) is 2. The van der Waals surface area contributed by atoms with Gasteiger partial charge in [-0.25, -0.2) is 0 Å². The second-order valence-electron chi connectivity index (χ2n) is 20.7. The summed E-state index contributed by atoms with van der Waals surface area (Å²) in [5.74, 6) is 3.41. The predicted octanol–water partition coefficient (Wildman–Crippen LogP) is 12.6. The minimum Gasteiger partial charge on any atom is -0.458 e. The van der Waals surface area contributed by atoms with Crippen molar-refractivity contribution in [3.8, 4) is 40.1 Å². The highest BCUT2D eigenvalue weighted by Gasteiger charge is 2.46. The van der Waals surface area contributed by atoms with Gasteiger partial charge in [0.25, 0.3) is 13.4 Å². The van der Waals surface area contributed by atoms with Crippen molar-refractivity contribution in [2.75, 3.05) is 4.90 Å². The highest BCUT2D eigenvalue weighted by atomic mass is 16.5. The zero-order chi connectivity index (χ0) is 48.8. The van der Waals surface area contributed by atoms with E-state index in [9.17, 15) is 0 Å². The summed E-state index contributed by atoms with van der Waals surface area (Å²) in [6, 6.07) is 82.3. The number of aromatic nitrogens is 3. The standard InChI is InChI=1S/C67H40B2N4O2/c1-39-51(35-33-44-42-21-8-11-26-52(42)70(65(39)44)40-17-4-2-5-18-40)72-54-28-13-10-24-47(54)68-49-37-50-61(38-60(49)74-58-31-15-29-56(72)63(58)68)75-59-32-16-30-57-64(59)69(50)48-25-14-23-46-62-55(73(57)66(46)48)36-34-45-43-22-9-12-27-53(43)71(67(45)62)41-19-6-3-7-20-41/h2-38H,1H3. The smallest absolute Gasteiger partial charge is 0.256 e. The van der Waals surface area contributed by atoms with Crippen LogP contribution in [0.25, 0.3) is 82.5 Å². The summed E-state index contributed by atoms with van der Waals surface area (Å²) < 4.78 is 21.7. The van der Waals surface area contributed by atoms with Crippen molar-refractivity contribution >= 4 is 129 Å². The Morgan fingerprint density at radius 2 is 0.853 bits per heavy atom. The van der Waals surface area contributed by atoms with Crippen molar-refractivity contribution in [2.45, 2.75) is 6.92 Å². The van der Waals surface area contributed by atoms with E-state index >= 15 is 0 Å². The minimum absolute atomic E-state index is 0.0843. The molecular formula is C67H40B2N4O2. The molecule has 0 N–H and O–H groups in total. The molecule has 14 aromatic rings. The van der Waals surface area contributed by atoms with Gasteiger partial charge in [-0.2, -0.15) is 0 Å². The summed E-state index contributed by atoms with van der Waals surface area (Å²) in [5, 5.41) is 7.48. The Balaban J connectivity index is 0.853. The van der Waals surface area contributed by atoms with Crippen molar-refractivity contribution in [2.24, 2.45) is 0 Å². The van der Waals surface area contributed by atoms with Crippen LogP contribution in [0.5, 0.6) is 23.0 Å². The van der Waals surface area contributed by atoms with Crippen LogP contribution in [0.3, 0.4) is 0 Å². The average molecular weight is 955 g/mol. The maximum Gasteiger partial charge on any atom is 0.256 e. The van der Waals surface area contributed by atoms with E-state index in [4.69, 9.17) is 9.47 Å². The van der Waals surface area contributed by atoms with Crippen LogP contribution in [0.15, 0.2) is 224 Å². The number of benzene rings is 11. The fourth-order valence-electron chi connectivity index (χ4n) is 14.2. The minimum atomic E-state index is -0.0897. The molecule has 0 spiro atoms. The number of rotatable bonds is 3. The number of aryl methyl sites for hydroxylation is 1. The zero-order valence-electron chi connectivity index (χ0n) is 40.6. The van der Waals surface area contributed by atoms with E-state index in [1.807, 2.05) is 0 Å². The van der Waals surface area contributed by atoms with Gasteiger partial charge in [-0.15, -0.1) is 0 Å². The molecule has 0 aliphatic carbocycles. The van der Waals surface area contributed by atoms with Gasteiger partial charge in [-0.05, 0) is 124 Å². The molecule has 8 heteroatoms. The Kier molecular flexibility index (Phi) is 7.61. The molecule has 75 heavy (non-hydrogen) atoms. The molecule has 0 radical (unpaired) electrons. The van der Waals surface area contributed by atoms with E-state index in [1.165, 1.54) is 92.8 Å². The topological polar surface area (TPSA) is 36.5 Å². The van der Waals surface area contributed by atoms with Gasteiger partial charge in [0.2, 0.25) is 0 Å². The van der Waals surface area contributed by atoms with Crippen LogP contribution in [0.1, 0.15) is 5.56 Å². The summed E-state index contributed by atoms with van der Waals surface area (Å²) in [4.78, 5) is 2.49. The third kappa shape index (κ3) is 5.01. The molecule has 0 fully saturated rings. The number of hydrogen-bond donors (Lipinski definition) is 0. The first-order chi connectivity index (χ1) is 37.2. The van der Waals surface area contributed by atoms with Crippen LogP contribution in [0.4, 0.5) is 17.1 Å². The molecule has 0 saturated carbocycles. The monoisotopic (exact) mass is 954 g/mol. The van der Waals surface area contributed by atoms with E-state index in [0.29, 0.717) is 0 Å². The highest BCUT2D eigenvalue weighted by molar-refractivity contribution is 7.02. The van der Waals surface area contributed by atoms with Crippen LogP contribution in [-0.2, 0) is 0 Å². The van der Waals surface area contributed by atoms with Crippen LogP contribution >= 0.6 is 0 Å². The normalized spacial score (nSPS) is 13.5. The summed E-state index contributed by atoms with van der Waals surface area (Å²) in [7, 11) is 0. The Labute approximate surface area is 431 Å². The van der Waals surface area contributed by atoms with E-state index in [2.05, 4.69) is 250 Å². The summed E-state index contributed by atoms with van der Waals surface area (Å²) in [5.41, 5.74) is 22.5. The number of para-hydroxylation sites is 6. The lowest BCUT2D eigenvalue weighted by atomic mass is 9.31. The SMILES string of the molecule is Cc1c(N2c3ccccc3B3c4cc5c(cc4Oc4cccc2c43)Oc2cccc3c2B5c2cccc4c5c(ccc6c7ccccc7n(-c7ccccc7)c65)n-3c24)ccc2c3ccccc3n(-c3ccccc3)c12. The quantitative estimate of drug-likeness (QED) is 0.166. The molecule has 4 aliphatic rings. The number of hydrogen-bond acceptors (Lipinski definition) is 3. The third-order valence-electron chi connectivity index (χ3n) is 17.1. The van der Waals surface area contributed by atoms with Crippen molar-refractivity contribution < 1.29 is 9.47 Å². The van der Waals surface area contributed by atoms with Crippen molar-refractivity contribution in [1.29, 1.82) is 0 Å². The van der Waals surface area contributed by atoms with Gasteiger partial charge in [-0.1, -0.05) is 140 Å². The molecular weight excluding hydrogens is 914 g/mol. The fraction of sp³-hybridized carbons (Fsp3) is 0.0149. The maximum absolute atomic E-state index is 7.15. The summed E-state index contributed by atoms with van der Waals surface area (Å²) in [6.45, 7) is 2.12. The number of nitrogens with zero attached hydrogens (tertiary/aromatic N) is 4. The Morgan fingerprint density at radius 3 is 1.57 bits per heavy atom. The van der Waals surface area contributed by atoms with Gasteiger partial charge in [0.05, 0.1) is 33.3 Å². The van der Waals surface area contributed by atoms with E-state index in [-0.39, 0.29) is 13.4 Å². The van der Waals surface area contributed by atoms with Crippen LogP contribution < -0.4 is 47.2 Å². The summed E-state index contributed by atoms with van der Waals surface area (Å²) in [6.07, 6.45) is 0. The third-order valence-corrected chi connectivity index (χ3v) is 17.1. The van der Waals surface area contributed by atoms with Gasteiger partial charge in [0, 0.05) is 72.3 Å². The first-order valence-electron chi connectivity index (χ1n) is 26.0. The molecule has 0 bridgehead atoms. The average Bonchev–Trinajstić information content (AvgIpc) is 4.14. The van der Waals surface area contributed by atoms with Gasteiger partial charge in [-0.3, -0.25) is 0 Å². The molecule has 4 aliphatic heterocycles. The Morgan fingerprint density at radius 1 is 0.320 bits per heavy atom. The van der Waals surface area contributed by atoms with Crippen molar-refractivity contribution in [1.82, 2.24) is 13.7 Å². The molecule has 0 atom stereocenters. The van der Waals surface area contributed by atoms with Crippen LogP contribution in [0, 0.1) is 6.92 Å². The highest BCUT2D eigenvalue weighted by Crippen LogP contribution is 2.47. The lowest BCUT2D eigenvalue weighted by Gasteiger charge is -2.41. The fourth-order valence-corrected chi connectivity index (χ4v) is 14.2. The number of anilines is 3. The van der Waals surface area contributed by atoms with Crippen molar-refractivity contribution in [3.63, 3.8) is 0 Å². The molecule has 3 aromatic heterocycles. The summed E-state index contributed by atoms with van der Waals surface area (Å²) >= 11 is 0. The second-order valence-corrected chi connectivity index (χ2v) is 20.7. The van der Waals surface area contributed by atoms with Crippen LogP contribution in [-0.4, -0.2) is 27.1 Å². The Bertz CT molecular complexity index is 4880. The largest absolute Gasteiger partial charge is 0.458 e. The Hall–Kier alpha value is -9.65. The maximum atomic E-state index is 7.15. The van der Waals surface area contributed by atoms with Crippen LogP contribution in [0.2, 0.25) is 0 Å². The molecule has 0 saturated heterocycles. The molecule has 0 unspecified atom stereocenters. The lowest BCUT2D eigenvalue weighted by molar-refractivity contribution is 0.465. The van der Waals surface area contributed by atoms with Gasteiger partial charge in [0.15, 0.2) is 0 Å². The molecule has 7 heterocycles. The molecule has 11 aromatic carbocycles. The first-order valence-corrected chi connectivity index (χ1v) is 26.0. The number of fused-ring (bicyclic) bond motifs is 18. The van der Waals surface area contributed by atoms with Gasteiger partial charge in [0.1, 0.15) is 23.0 Å². The molecule has 18 rings (SSSR count). The first kappa shape index (κ1) is 39.9. The van der Waals surface area contributed by atoms with E-state index in [0.717, 1.165) is 68.0 Å². The zero-order valence-corrected chi connectivity index (χ0v) is 40.6. The van der Waals surface area contributed by atoms with Gasteiger partial charge >= 0.3 is 0 Å². The second kappa shape index (κ2) is 14.3. The molecule has 346 valence electrons.